The first-order valence-corrected chi connectivity index (χ1v) is 14.5. The van der Waals surface area contributed by atoms with Gasteiger partial charge in [-0.3, -0.25) is 4.98 Å². The summed E-state index contributed by atoms with van der Waals surface area (Å²) >= 11 is 0. The maximum atomic E-state index is 6.83. The summed E-state index contributed by atoms with van der Waals surface area (Å²) in [7, 11) is -1.77. The van der Waals surface area contributed by atoms with Crippen LogP contribution in [0.3, 0.4) is 0 Å². The van der Waals surface area contributed by atoms with E-state index in [0.717, 1.165) is 25.0 Å². The molecule has 1 saturated heterocycles. The number of nitrogens with one attached hydrogen (secondary N) is 1. The third kappa shape index (κ3) is 5.08. The Bertz CT molecular complexity index is 1020. The van der Waals surface area contributed by atoms with Gasteiger partial charge in [-0.15, -0.1) is 0 Å². The molecule has 2 heterocycles. The van der Waals surface area contributed by atoms with Crippen molar-refractivity contribution in [2.24, 2.45) is 5.92 Å². The van der Waals surface area contributed by atoms with Crippen LogP contribution in [0.4, 0.5) is 0 Å². The molecule has 0 unspecified atom stereocenters. The third-order valence-corrected chi connectivity index (χ3v) is 11.7. The lowest BCUT2D eigenvalue weighted by atomic mass is 9.88. The molecular formula is C27H36N2OSi. The zero-order valence-electron chi connectivity index (χ0n) is 19.6. The number of para-hydroxylation sites is 1. The van der Waals surface area contributed by atoms with Gasteiger partial charge in [-0.25, -0.2) is 0 Å². The molecule has 0 spiro atoms. The van der Waals surface area contributed by atoms with Gasteiger partial charge in [0.05, 0.1) is 11.6 Å². The molecular weight excluding hydrogens is 396 g/mol. The number of benzene rings is 2. The molecule has 2 aromatic carbocycles. The van der Waals surface area contributed by atoms with E-state index in [4.69, 9.17) is 4.43 Å². The average molecular weight is 433 g/mol. The summed E-state index contributed by atoms with van der Waals surface area (Å²) in [5.41, 5.74) is 4.84. The molecule has 0 saturated carbocycles. The van der Waals surface area contributed by atoms with Crippen molar-refractivity contribution in [1.82, 2.24) is 10.3 Å². The Morgan fingerprint density at radius 1 is 1.03 bits per heavy atom. The van der Waals surface area contributed by atoms with Gasteiger partial charge < -0.3 is 9.74 Å². The highest BCUT2D eigenvalue weighted by Gasteiger charge is 2.41. The van der Waals surface area contributed by atoms with Crippen LogP contribution < -0.4 is 5.32 Å². The van der Waals surface area contributed by atoms with Crippen LogP contribution in [0.15, 0.2) is 60.8 Å². The Balaban J connectivity index is 1.48. The largest absolute Gasteiger partial charge is 0.412 e. The van der Waals surface area contributed by atoms with Crippen LogP contribution >= 0.6 is 0 Å². The summed E-state index contributed by atoms with van der Waals surface area (Å²) in [6, 6.07) is 19.6. The second-order valence-electron chi connectivity index (χ2n) is 10.5. The Labute approximate surface area is 188 Å². The van der Waals surface area contributed by atoms with E-state index in [-0.39, 0.29) is 5.04 Å². The Hall–Kier alpha value is -2.01. The minimum atomic E-state index is -1.77. The Morgan fingerprint density at radius 2 is 1.77 bits per heavy atom. The van der Waals surface area contributed by atoms with Crippen molar-refractivity contribution in [3.8, 4) is 11.1 Å². The maximum Gasteiger partial charge on any atom is 0.192 e. The third-order valence-electron chi connectivity index (χ3n) is 7.19. The molecule has 0 radical (unpaired) electrons. The van der Waals surface area contributed by atoms with Gasteiger partial charge in [0.15, 0.2) is 8.32 Å². The number of fused-ring (bicyclic) bond motifs is 1. The predicted octanol–water partition coefficient (Wildman–Crippen LogP) is 6.44. The van der Waals surface area contributed by atoms with Crippen LogP contribution in [0.1, 0.15) is 32.8 Å². The number of hydrogen-bond donors (Lipinski definition) is 1. The summed E-state index contributed by atoms with van der Waals surface area (Å²) in [6.45, 7) is 13.8. The van der Waals surface area contributed by atoms with Gasteiger partial charge in [0, 0.05) is 23.7 Å². The Kier molecular flexibility index (Phi) is 6.34. The second-order valence-corrected chi connectivity index (χ2v) is 15.2. The van der Waals surface area contributed by atoms with Crippen LogP contribution in [0.5, 0.6) is 0 Å². The SMILES string of the molecule is CC(C)(C)[Si](C)(C)O[C@@H]1CNCC[C@H]1Cc1ccc(-c2cnc3ccccc3c2)cc1. The van der Waals surface area contributed by atoms with Crippen molar-refractivity contribution in [3.05, 3.63) is 66.4 Å². The lowest BCUT2D eigenvalue weighted by Crippen LogP contribution is -2.51. The van der Waals surface area contributed by atoms with Gasteiger partial charge in [-0.2, -0.15) is 0 Å². The van der Waals surface area contributed by atoms with E-state index in [9.17, 15) is 0 Å². The fourth-order valence-electron chi connectivity index (χ4n) is 4.18. The van der Waals surface area contributed by atoms with Gasteiger partial charge in [0.25, 0.3) is 0 Å². The lowest BCUT2D eigenvalue weighted by Gasteiger charge is -2.43. The van der Waals surface area contributed by atoms with E-state index in [1.54, 1.807) is 0 Å². The maximum absolute atomic E-state index is 6.83. The van der Waals surface area contributed by atoms with E-state index in [1.807, 2.05) is 12.3 Å². The fraction of sp³-hybridized carbons (Fsp3) is 0.444. The molecule has 0 bridgehead atoms. The minimum absolute atomic E-state index is 0.241. The molecule has 1 aliphatic rings. The number of rotatable bonds is 5. The summed E-state index contributed by atoms with van der Waals surface area (Å²) in [4.78, 5) is 4.62. The number of pyridine rings is 1. The molecule has 1 aliphatic heterocycles. The highest BCUT2D eigenvalue weighted by molar-refractivity contribution is 6.74. The highest BCUT2D eigenvalue weighted by Crippen LogP contribution is 2.39. The molecule has 1 fully saturated rings. The predicted molar refractivity (Wildman–Crippen MR) is 134 cm³/mol. The van der Waals surface area contributed by atoms with E-state index >= 15 is 0 Å². The van der Waals surface area contributed by atoms with Crippen LogP contribution in [0.2, 0.25) is 18.1 Å². The first-order chi connectivity index (χ1) is 14.7. The summed E-state index contributed by atoms with van der Waals surface area (Å²) < 4.78 is 6.83. The minimum Gasteiger partial charge on any atom is -0.412 e. The summed E-state index contributed by atoms with van der Waals surface area (Å²) in [6.07, 6.45) is 4.54. The molecule has 31 heavy (non-hydrogen) atoms. The molecule has 3 aromatic rings. The van der Waals surface area contributed by atoms with Crippen LogP contribution in [0, 0.1) is 5.92 Å². The first-order valence-electron chi connectivity index (χ1n) is 11.6. The molecule has 4 heteroatoms. The van der Waals surface area contributed by atoms with E-state index in [0.29, 0.717) is 12.0 Å². The van der Waals surface area contributed by atoms with Gasteiger partial charge >= 0.3 is 0 Å². The van der Waals surface area contributed by atoms with E-state index < -0.39 is 8.32 Å². The molecule has 164 valence electrons. The summed E-state index contributed by atoms with van der Waals surface area (Å²) in [5, 5.41) is 4.99. The van der Waals surface area contributed by atoms with Crippen LogP contribution in [-0.4, -0.2) is 32.5 Å². The lowest BCUT2D eigenvalue weighted by molar-refractivity contribution is 0.0908. The van der Waals surface area contributed by atoms with Crippen molar-refractivity contribution in [2.75, 3.05) is 13.1 Å². The topological polar surface area (TPSA) is 34.1 Å². The van der Waals surface area contributed by atoms with Crippen molar-refractivity contribution >= 4 is 19.2 Å². The first kappa shape index (κ1) is 22.2. The van der Waals surface area contributed by atoms with Crippen molar-refractivity contribution in [3.63, 3.8) is 0 Å². The number of nitrogens with zero attached hydrogens (tertiary/aromatic N) is 1. The van der Waals surface area contributed by atoms with Gasteiger partial charge in [0.1, 0.15) is 0 Å². The zero-order valence-corrected chi connectivity index (χ0v) is 20.6. The average Bonchev–Trinajstić information content (AvgIpc) is 2.74. The molecule has 3 nitrogen and oxygen atoms in total. The zero-order chi connectivity index (χ0) is 22.1. The monoisotopic (exact) mass is 432 g/mol. The number of piperidine rings is 1. The molecule has 2 atom stereocenters. The molecule has 1 N–H and O–H groups in total. The van der Waals surface area contributed by atoms with Crippen LogP contribution in [-0.2, 0) is 10.8 Å². The van der Waals surface area contributed by atoms with E-state index in [2.05, 4.69) is 92.7 Å². The molecule has 4 rings (SSSR count). The van der Waals surface area contributed by atoms with Crippen molar-refractivity contribution in [1.29, 1.82) is 0 Å². The highest BCUT2D eigenvalue weighted by atomic mass is 28.4. The van der Waals surface area contributed by atoms with Crippen LogP contribution in [0.25, 0.3) is 22.0 Å². The van der Waals surface area contributed by atoms with Gasteiger partial charge in [-0.1, -0.05) is 63.2 Å². The normalized spacial score (nSPS) is 20.2. The summed E-state index contributed by atoms with van der Waals surface area (Å²) in [5.74, 6) is 0.573. The smallest absolute Gasteiger partial charge is 0.192 e. The van der Waals surface area contributed by atoms with Crippen molar-refractivity contribution in [2.45, 2.75) is 57.8 Å². The molecule has 0 aliphatic carbocycles. The second kappa shape index (κ2) is 8.85. The number of hydrogen-bond acceptors (Lipinski definition) is 3. The van der Waals surface area contributed by atoms with Gasteiger partial charge in [-0.05, 0) is 66.7 Å². The van der Waals surface area contributed by atoms with Gasteiger partial charge in [0.2, 0.25) is 0 Å². The molecule has 1 aromatic heterocycles. The standard InChI is InChI=1S/C27H36N2OSi/c1-27(2,3)31(4,5)30-26-19-28-15-14-23(26)16-20-10-12-21(13-11-20)24-17-22-8-6-7-9-25(22)29-18-24/h6-13,17-18,23,26,28H,14-16,19H2,1-5H3/t23-,26+/m0/s1. The molecule has 0 amide bonds. The fourth-order valence-corrected chi connectivity index (χ4v) is 5.56. The quantitative estimate of drug-likeness (QED) is 0.471. The van der Waals surface area contributed by atoms with Crippen molar-refractivity contribution < 1.29 is 4.43 Å². The Morgan fingerprint density at radius 3 is 2.52 bits per heavy atom. The number of aromatic nitrogens is 1. The van der Waals surface area contributed by atoms with E-state index in [1.165, 1.54) is 28.5 Å².